The Morgan fingerprint density at radius 1 is 1.03 bits per heavy atom. The lowest BCUT2D eigenvalue weighted by atomic mass is 9.84. The van der Waals surface area contributed by atoms with Crippen molar-refractivity contribution in [1.82, 2.24) is 20.4 Å². The Labute approximate surface area is 227 Å². The monoisotopic (exact) mass is 534 g/mol. The van der Waals surface area contributed by atoms with Gasteiger partial charge in [0.05, 0.1) is 11.8 Å². The number of amides is 1. The first-order chi connectivity index (χ1) is 16.7. The third-order valence-electron chi connectivity index (χ3n) is 7.86. The van der Waals surface area contributed by atoms with Crippen molar-refractivity contribution >= 4 is 30.7 Å². The standard InChI is InChI=1S/C28H38N4O2.2ClH/c1-2-3-9-25-24(20-10-12-23(13-11-20)34-22-7-5-4-6-8-22)18-26(31-30-25)28(33)29-27-19-32-16-14-21(27)15-17-32;;/h10-13,18,21-22,27H,2-9,14-17,19H2,1H3,(H,29,33);2*1H/t27-;;/m0../s1. The first-order valence-corrected chi connectivity index (χ1v) is 13.4. The Balaban J connectivity index is 0.00000180. The SMILES string of the molecule is CCCCc1nnc(C(=O)N[C@H]2CN3CCC2CC3)cc1-c1ccc(OC2CCCCC2)cc1.Cl.Cl. The highest BCUT2D eigenvalue weighted by Gasteiger charge is 2.35. The van der Waals surface area contributed by atoms with Gasteiger partial charge < -0.3 is 15.0 Å². The van der Waals surface area contributed by atoms with Crippen LogP contribution in [0.5, 0.6) is 5.75 Å². The summed E-state index contributed by atoms with van der Waals surface area (Å²) in [5.74, 6) is 1.40. The van der Waals surface area contributed by atoms with Crippen LogP contribution in [0.2, 0.25) is 0 Å². The molecule has 1 saturated carbocycles. The summed E-state index contributed by atoms with van der Waals surface area (Å²) in [7, 11) is 0. The molecule has 2 bridgehead atoms. The maximum Gasteiger partial charge on any atom is 0.272 e. The smallest absolute Gasteiger partial charge is 0.272 e. The van der Waals surface area contributed by atoms with Gasteiger partial charge in [-0.1, -0.05) is 31.9 Å². The van der Waals surface area contributed by atoms with Crippen molar-refractivity contribution in [3.05, 3.63) is 41.7 Å². The predicted octanol–water partition coefficient (Wildman–Crippen LogP) is 5.87. The number of aromatic nitrogens is 2. The first kappa shape index (κ1) is 28.7. The summed E-state index contributed by atoms with van der Waals surface area (Å²) in [6.07, 6.45) is 11.8. The number of aryl methyl sites for hydroxylation is 1. The van der Waals surface area contributed by atoms with Gasteiger partial charge in [-0.15, -0.1) is 29.9 Å². The lowest BCUT2D eigenvalue weighted by molar-refractivity contribution is 0.0617. The molecule has 1 aromatic carbocycles. The van der Waals surface area contributed by atoms with Crippen molar-refractivity contribution in [1.29, 1.82) is 0 Å². The fourth-order valence-corrected chi connectivity index (χ4v) is 5.77. The molecule has 198 valence electrons. The van der Waals surface area contributed by atoms with Crippen molar-refractivity contribution in [2.45, 2.75) is 83.3 Å². The molecule has 0 radical (unpaired) electrons. The molecule has 2 aromatic rings. The summed E-state index contributed by atoms with van der Waals surface area (Å²) >= 11 is 0. The number of piperidine rings is 3. The molecule has 0 unspecified atom stereocenters. The summed E-state index contributed by atoms with van der Waals surface area (Å²) < 4.78 is 6.22. The van der Waals surface area contributed by atoms with Gasteiger partial charge in [0.25, 0.3) is 5.91 Å². The number of nitrogens with zero attached hydrogens (tertiary/aromatic N) is 3. The van der Waals surface area contributed by atoms with Crippen LogP contribution in [-0.4, -0.2) is 52.8 Å². The number of unbranched alkanes of at least 4 members (excludes halogenated alkanes) is 1. The van der Waals surface area contributed by atoms with E-state index in [0.717, 1.165) is 74.3 Å². The van der Waals surface area contributed by atoms with Crippen molar-refractivity contribution in [3.8, 4) is 16.9 Å². The Morgan fingerprint density at radius 2 is 1.75 bits per heavy atom. The third kappa shape index (κ3) is 6.90. The van der Waals surface area contributed by atoms with Crippen LogP contribution in [0, 0.1) is 5.92 Å². The highest BCUT2D eigenvalue weighted by atomic mass is 35.5. The van der Waals surface area contributed by atoms with E-state index in [9.17, 15) is 4.79 Å². The first-order valence-electron chi connectivity index (χ1n) is 13.4. The summed E-state index contributed by atoms with van der Waals surface area (Å²) in [4.78, 5) is 15.6. The van der Waals surface area contributed by atoms with E-state index in [1.807, 2.05) is 6.07 Å². The number of fused-ring (bicyclic) bond motifs is 3. The van der Waals surface area contributed by atoms with Gasteiger partial charge in [-0.25, -0.2) is 0 Å². The van der Waals surface area contributed by atoms with Crippen LogP contribution in [0.4, 0.5) is 0 Å². The minimum Gasteiger partial charge on any atom is -0.490 e. The van der Waals surface area contributed by atoms with Gasteiger partial charge >= 0.3 is 0 Å². The molecule has 1 N–H and O–H groups in total. The molecule has 1 amide bonds. The number of hydrogen-bond acceptors (Lipinski definition) is 5. The van der Waals surface area contributed by atoms with E-state index >= 15 is 0 Å². The normalized spacial score (nSPS) is 23.3. The molecule has 6 rings (SSSR count). The molecular weight excluding hydrogens is 495 g/mol. The fourth-order valence-electron chi connectivity index (χ4n) is 5.77. The number of halogens is 2. The Bertz CT molecular complexity index is 974. The van der Waals surface area contributed by atoms with E-state index in [1.165, 1.54) is 32.1 Å². The molecule has 1 atom stereocenters. The van der Waals surface area contributed by atoms with Crippen LogP contribution in [0.15, 0.2) is 30.3 Å². The number of carbonyl (C=O) groups excluding carboxylic acids is 1. The van der Waals surface area contributed by atoms with Gasteiger partial charge in [-0.05, 0) is 94.1 Å². The molecule has 1 aliphatic carbocycles. The zero-order valence-electron chi connectivity index (χ0n) is 21.3. The van der Waals surface area contributed by atoms with Crippen LogP contribution < -0.4 is 10.1 Å². The highest BCUT2D eigenvalue weighted by Crippen LogP contribution is 2.30. The molecular formula is C28H40Cl2N4O2. The number of carbonyl (C=O) groups is 1. The van der Waals surface area contributed by atoms with Crippen LogP contribution >= 0.6 is 24.8 Å². The summed E-state index contributed by atoms with van der Waals surface area (Å²) in [5, 5.41) is 12.1. The summed E-state index contributed by atoms with van der Waals surface area (Å²) in [6, 6.07) is 10.5. The third-order valence-corrected chi connectivity index (χ3v) is 7.86. The molecule has 0 spiro atoms. The average molecular weight is 536 g/mol. The second kappa shape index (κ2) is 13.6. The Hall–Kier alpha value is -1.89. The quantitative estimate of drug-likeness (QED) is 0.458. The van der Waals surface area contributed by atoms with Gasteiger partial charge in [-0.3, -0.25) is 4.79 Å². The second-order valence-corrected chi connectivity index (χ2v) is 10.3. The largest absolute Gasteiger partial charge is 0.490 e. The molecule has 1 aromatic heterocycles. The van der Waals surface area contributed by atoms with E-state index in [0.29, 0.717) is 17.7 Å². The van der Waals surface area contributed by atoms with Crippen LogP contribution in [0.1, 0.15) is 80.9 Å². The second-order valence-electron chi connectivity index (χ2n) is 10.3. The average Bonchev–Trinajstić information content (AvgIpc) is 2.89. The van der Waals surface area contributed by atoms with Gasteiger partial charge in [0.1, 0.15) is 5.75 Å². The van der Waals surface area contributed by atoms with Gasteiger partial charge in [0, 0.05) is 18.2 Å². The number of hydrogen-bond donors (Lipinski definition) is 1. The Morgan fingerprint density at radius 3 is 2.39 bits per heavy atom. The molecule has 6 nitrogen and oxygen atoms in total. The topological polar surface area (TPSA) is 67.4 Å². The van der Waals surface area contributed by atoms with Crippen molar-refractivity contribution in [2.75, 3.05) is 19.6 Å². The van der Waals surface area contributed by atoms with E-state index < -0.39 is 0 Å². The Kier molecular flexibility index (Phi) is 10.8. The van der Waals surface area contributed by atoms with Gasteiger partial charge in [-0.2, -0.15) is 5.10 Å². The zero-order chi connectivity index (χ0) is 23.3. The lowest BCUT2D eigenvalue weighted by Crippen LogP contribution is -2.57. The van der Waals surface area contributed by atoms with Gasteiger partial charge in [0.2, 0.25) is 0 Å². The molecule has 36 heavy (non-hydrogen) atoms. The van der Waals surface area contributed by atoms with Crippen molar-refractivity contribution in [2.24, 2.45) is 5.92 Å². The zero-order valence-corrected chi connectivity index (χ0v) is 22.9. The van der Waals surface area contributed by atoms with Crippen LogP contribution in [-0.2, 0) is 6.42 Å². The van der Waals surface area contributed by atoms with Crippen LogP contribution in [0.3, 0.4) is 0 Å². The minimum absolute atomic E-state index is 0. The summed E-state index contributed by atoms with van der Waals surface area (Å²) in [5.41, 5.74) is 3.44. The van der Waals surface area contributed by atoms with Crippen molar-refractivity contribution < 1.29 is 9.53 Å². The lowest BCUT2D eigenvalue weighted by Gasteiger charge is -2.44. The molecule has 4 aliphatic rings. The molecule has 4 fully saturated rings. The van der Waals surface area contributed by atoms with Gasteiger partial charge in [0.15, 0.2) is 5.69 Å². The number of rotatable bonds is 8. The van der Waals surface area contributed by atoms with Crippen LogP contribution in [0.25, 0.3) is 11.1 Å². The minimum atomic E-state index is -0.105. The maximum absolute atomic E-state index is 13.1. The number of benzene rings is 1. The van der Waals surface area contributed by atoms with E-state index in [-0.39, 0.29) is 36.8 Å². The molecule has 3 saturated heterocycles. The maximum atomic E-state index is 13.1. The molecule has 8 heteroatoms. The predicted molar refractivity (Wildman–Crippen MR) is 148 cm³/mol. The van der Waals surface area contributed by atoms with E-state index in [4.69, 9.17) is 4.74 Å². The highest BCUT2D eigenvalue weighted by molar-refractivity contribution is 5.93. The molecule has 3 aliphatic heterocycles. The molecule has 4 heterocycles. The number of ether oxygens (including phenoxy) is 1. The van der Waals surface area contributed by atoms with Crippen molar-refractivity contribution in [3.63, 3.8) is 0 Å². The van der Waals surface area contributed by atoms with E-state index in [2.05, 4.69) is 51.6 Å². The van der Waals surface area contributed by atoms with E-state index in [1.54, 1.807) is 0 Å². The fraction of sp³-hybridized carbons (Fsp3) is 0.607. The summed E-state index contributed by atoms with van der Waals surface area (Å²) in [6.45, 7) is 5.45. The number of nitrogens with one attached hydrogen (secondary N) is 1.